The molecule has 2 rings (SSSR count). The molecule has 0 aromatic carbocycles. The molecule has 0 spiro atoms. The summed E-state index contributed by atoms with van der Waals surface area (Å²) < 4.78 is 1.23. The number of hydrogen-bond acceptors (Lipinski definition) is 3. The minimum atomic E-state index is 0. The third-order valence-corrected chi connectivity index (χ3v) is 4.60. The van der Waals surface area contributed by atoms with Crippen LogP contribution in [0, 0.1) is 5.92 Å². The van der Waals surface area contributed by atoms with E-state index in [1.807, 2.05) is 0 Å². The lowest BCUT2D eigenvalue weighted by atomic mass is 9.99. The van der Waals surface area contributed by atoms with E-state index in [0.29, 0.717) is 0 Å². The Morgan fingerprint density at radius 2 is 2.41 bits per heavy atom. The van der Waals surface area contributed by atoms with Gasteiger partial charge in [-0.15, -0.1) is 23.7 Å². The van der Waals surface area contributed by atoms with E-state index in [1.165, 1.54) is 41.8 Å². The number of hydrogen-bond donors (Lipinski definition) is 1. The SMILES string of the molecule is CN(Cc1csc(Br)c1)CC1CCCNC1.Cl. The molecular formula is C12H20BrClN2S. The van der Waals surface area contributed by atoms with Gasteiger partial charge in [0.1, 0.15) is 0 Å². The first-order chi connectivity index (χ1) is 7.74. The minimum absolute atomic E-state index is 0. The number of nitrogens with zero attached hydrogens (tertiary/aromatic N) is 1. The fourth-order valence-electron chi connectivity index (χ4n) is 2.33. The number of rotatable bonds is 4. The Morgan fingerprint density at radius 3 is 3.00 bits per heavy atom. The lowest BCUT2D eigenvalue weighted by molar-refractivity contribution is 0.238. The zero-order valence-electron chi connectivity index (χ0n) is 10.1. The maximum atomic E-state index is 3.51. The zero-order chi connectivity index (χ0) is 11.4. The Bertz CT molecular complexity index is 326. The van der Waals surface area contributed by atoms with Crippen molar-refractivity contribution >= 4 is 39.7 Å². The van der Waals surface area contributed by atoms with Gasteiger partial charge < -0.3 is 10.2 Å². The van der Waals surface area contributed by atoms with Crippen LogP contribution in [0.1, 0.15) is 18.4 Å². The molecule has 5 heteroatoms. The van der Waals surface area contributed by atoms with E-state index in [9.17, 15) is 0 Å². The molecule has 1 atom stereocenters. The molecule has 1 unspecified atom stereocenters. The Morgan fingerprint density at radius 1 is 1.59 bits per heavy atom. The van der Waals surface area contributed by atoms with Gasteiger partial charge in [-0.25, -0.2) is 0 Å². The van der Waals surface area contributed by atoms with Gasteiger partial charge in [-0.2, -0.15) is 0 Å². The third kappa shape index (κ3) is 5.26. The number of nitrogens with one attached hydrogen (secondary N) is 1. The summed E-state index contributed by atoms with van der Waals surface area (Å²) in [6, 6.07) is 2.22. The second kappa shape index (κ2) is 7.74. The summed E-state index contributed by atoms with van der Waals surface area (Å²) in [6.45, 7) is 4.68. The quantitative estimate of drug-likeness (QED) is 0.905. The maximum Gasteiger partial charge on any atom is 0.0701 e. The summed E-state index contributed by atoms with van der Waals surface area (Å²) in [7, 11) is 2.22. The van der Waals surface area contributed by atoms with E-state index in [0.717, 1.165) is 12.5 Å². The highest BCUT2D eigenvalue weighted by Crippen LogP contribution is 2.22. The molecule has 1 fully saturated rings. The van der Waals surface area contributed by atoms with Crippen LogP contribution in [-0.2, 0) is 6.54 Å². The molecule has 0 saturated carbocycles. The lowest BCUT2D eigenvalue weighted by Gasteiger charge is -2.27. The Labute approximate surface area is 122 Å². The van der Waals surface area contributed by atoms with Crippen molar-refractivity contribution in [3.63, 3.8) is 0 Å². The lowest BCUT2D eigenvalue weighted by Crippen LogP contribution is -2.36. The molecule has 1 saturated heterocycles. The van der Waals surface area contributed by atoms with Gasteiger partial charge in [-0.1, -0.05) is 0 Å². The Balaban J connectivity index is 0.00000144. The van der Waals surface area contributed by atoms with Crippen LogP contribution in [0.4, 0.5) is 0 Å². The highest BCUT2D eigenvalue weighted by molar-refractivity contribution is 9.11. The molecule has 17 heavy (non-hydrogen) atoms. The molecule has 1 aliphatic rings. The van der Waals surface area contributed by atoms with Crippen molar-refractivity contribution in [2.24, 2.45) is 5.92 Å². The monoisotopic (exact) mass is 338 g/mol. The van der Waals surface area contributed by atoms with Gasteiger partial charge >= 0.3 is 0 Å². The molecule has 0 bridgehead atoms. The van der Waals surface area contributed by atoms with Gasteiger partial charge in [-0.05, 0) is 71.8 Å². The van der Waals surface area contributed by atoms with Gasteiger partial charge in [0.2, 0.25) is 0 Å². The molecule has 0 amide bonds. The second-order valence-corrected chi connectivity index (χ2v) is 6.96. The molecule has 1 aliphatic heterocycles. The number of halogens is 2. The van der Waals surface area contributed by atoms with E-state index in [1.54, 1.807) is 11.3 Å². The summed E-state index contributed by atoms with van der Waals surface area (Å²) >= 11 is 5.28. The van der Waals surface area contributed by atoms with Crippen molar-refractivity contribution in [2.45, 2.75) is 19.4 Å². The van der Waals surface area contributed by atoms with Crippen LogP contribution < -0.4 is 5.32 Å². The van der Waals surface area contributed by atoms with Crippen molar-refractivity contribution in [1.29, 1.82) is 0 Å². The minimum Gasteiger partial charge on any atom is -0.316 e. The highest BCUT2D eigenvalue weighted by Gasteiger charge is 2.15. The predicted octanol–water partition coefficient (Wildman–Crippen LogP) is 3.36. The van der Waals surface area contributed by atoms with Crippen LogP contribution in [-0.4, -0.2) is 31.6 Å². The van der Waals surface area contributed by atoms with Crippen molar-refractivity contribution in [1.82, 2.24) is 10.2 Å². The van der Waals surface area contributed by atoms with Crippen molar-refractivity contribution in [2.75, 3.05) is 26.7 Å². The average Bonchev–Trinajstić information content (AvgIpc) is 2.65. The molecule has 1 aromatic rings. The summed E-state index contributed by atoms with van der Waals surface area (Å²) in [5.41, 5.74) is 1.42. The topological polar surface area (TPSA) is 15.3 Å². The number of piperidine rings is 1. The van der Waals surface area contributed by atoms with Crippen LogP contribution in [0.15, 0.2) is 15.2 Å². The highest BCUT2D eigenvalue weighted by atomic mass is 79.9. The average molecular weight is 340 g/mol. The van der Waals surface area contributed by atoms with Crippen LogP contribution in [0.2, 0.25) is 0 Å². The first-order valence-corrected chi connectivity index (χ1v) is 7.53. The van der Waals surface area contributed by atoms with Crippen molar-refractivity contribution in [3.05, 3.63) is 20.8 Å². The molecule has 1 N–H and O–H groups in total. The van der Waals surface area contributed by atoms with Crippen LogP contribution in [0.3, 0.4) is 0 Å². The standard InChI is InChI=1S/C12H19BrN2S.ClH/c1-15(7-10-3-2-4-14-6-10)8-11-5-12(13)16-9-11;/h5,9-10,14H,2-4,6-8H2,1H3;1H. The van der Waals surface area contributed by atoms with Gasteiger partial charge in [0.05, 0.1) is 3.79 Å². The summed E-state index contributed by atoms with van der Waals surface area (Å²) in [5, 5.41) is 5.71. The molecule has 2 heterocycles. The smallest absolute Gasteiger partial charge is 0.0701 e. The maximum absolute atomic E-state index is 3.51. The molecule has 0 radical (unpaired) electrons. The molecular weight excluding hydrogens is 320 g/mol. The van der Waals surface area contributed by atoms with Crippen molar-refractivity contribution in [3.8, 4) is 0 Å². The van der Waals surface area contributed by atoms with Gasteiger partial charge in [0.25, 0.3) is 0 Å². The van der Waals surface area contributed by atoms with E-state index in [-0.39, 0.29) is 12.4 Å². The van der Waals surface area contributed by atoms with E-state index < -0.39 is 0 Å². The zero-order valence-corrected chi connectivity index (χ0v) is 13.3. The largest absolute Gasteiger partial charge is 0.316 e. The summed E-state index contributed by atoms with van der Waals surface area (Å²) in [5.74, 6) is 0.834. The molecule has 2 nitrogen and oxygen atoms in total. The predicted molar refractivity (Wildman–Crippen MR) is 81.2 cm³/mol. The van der Waals surface area contributed by atoms with Gasteiger partial charge in [0.15, 0.2) is 0 Å². The fourth-order valence-corrected chi connectivity index (χ4v) is 3.53. The molecule has 1 aromatic heterocycles. The van der Waals surface area contributed by atoms with Crippen LogP contribution >= 0.6 is 39.7 Å². The Hall–Kier alpha value is 0.390. The van der Waals surface area contributed by atoms with Crippen LogP contribution in [0.5, 0.6) is 0 Å². The van der Waals surface area contributed by atoms with E-state index >= 15 is 0 Å². The van der Waals surface area contributed by atoms with Crippen molar-refractivity contribution < 1.29 is 0 Å². The summed E-state index contributed by atoms with van der Waals surface area (Å²) in [6.07, 6.45) is 2.72. The normalized spacial score (nSPS) is 20.3. The van der Waals surface area contributed by atoms with Crippen LogP contribution in [0.25, 0.3) is 0 Å². The van der Waals surface area contributed by atoms with E-state index in [4.69, 9.17) is 0 Å². The third-order valence-electron chi connectivity index (χ3n) is 3.04. The molecule has 0 aliphatic carbocycles. The second-order valence-electron chi connectivity index (χ2n) is 4.67. The first kappa shape index (κ1) is 15.4. The summed E-state index contributed by atoms with van der Waals surface area (Å²) in [4.78, 5) is 2.44. The van der Waals surface area contributed by atoms with E-state index in [2.05, 4.69) is 44.6 Å². The van der Waals surface area contributed by atoms with Gasteiger partial charge in [-0.3, -0.25) is 0 Å². The molecule has 98 valence electrons. The van der Waals surface area contributed by atoms with Gasteiger partial charge in [0, 0.05) is 13.1 Å². The fraction of sp³-hybridized carbons (Fsp3) is 0.667. The Kier molecular flexibility index (Phi) is 7.04. The number of thiophene rings is 1. The first-order valence-electron chi connectivity index (χ1n) is 5.86.